The number of likely N-dealkylation sites (tertiary alicyclic amines) is 1. The highest BCUT2D eigenvalue weighted by Crippen LogP contribution is 2.31. The van der Waals surface area contributed by atoms with Crippen LogP contribution in [0.15, 0.2) is 46.9 Å². The molecule has 2 aliphatic heterocycles. The van der Waals surface area contributed by atoms with Crippen LogP contribution in [0.25, 0.3) is 11.1 Å². The number of nitrogens with one attached hydrogen (secondary N) is 1. The number of anilines is 1. The van der Waals surface area contributed by atoms with E-state index in [1.54, 1.807) is 12.1 Å². The Bertz CT molecular complexity index is 1050. The van der Waals surface area contributed by atoms with Crippen molar-refractivity contribution < 1.29 is 23.1 Å². The predicted octanol–water partition coefficient (Wildman–Crippen LogP) is 3.21. The van der Waals surface area contributed by atoms with Gasteiger partial charge in [-0.1, -0.05) is 12.1 Å². The first-order valence-electron chi connectivity index (χ1n) is 9.65. The van der Waals surface area contributed by atoms with E-state index in [1.165, 1.54) is 12.1 Å². The molecule has 8 heteroatoms. The van der Waals surface area contributed by atoms with Crippen LogP contribution in [0.3, 0.4) is 0 Å². The minimum Gasteiger partial charge on any atom is -0.485 e. The zero-order valence-electron chi connectivity index (χ0n) is 15.6. The van der Waals surface area contributed by atoms with Crippen LogP contribution in [0.4, 0.5) is 10.4 Å². The van der Waals surface area contributed by atoms with Gasteiger partial charge in [-0.2, -0.15) is 4.98 Å². The number of oxazole rings is 1. The van der Waals surface area contributed by atoms with E-state index in [9.17, 15) is 9.18 Å². The number of amides is 1. The molecule has 5 rings (SSSR count). The Labute approximate surface area is 166 Å². The number of hydrogen-bond acceptors (Lipinski definition) is 6. The third-order valence-corrected chi connectivity index (χ3v) is 5.27. The molecular formula is C21H20FN3O4. The molecule has 150 valence electrons. The van der Waals surface area contributed by atoms with E-state index < -0.39 is 6.10 Å². The summed E-state index contributed by atoms with van der Waals surface area (Å²) in [6, 6.07) is 12.1. The SMILES string of the molecule is O=C([C@H]1COc2ccccc2O1)N1CCC(Nc2nc3cc(F)ccc3o2)CC1. The standard InChI is InChI=1S/C21H20FN3O4/c22-13-5-6-16-15(11-13)24-21(29-16)23-14-7-9-25(10-8-14)20(26)19-12-27-17-3-1-2-4-18(17)28-19/h1-6,11,14,19H,7-10,12H2,(H,23,24)/t19-/m1/s1. The van der Waals surface area contributed by atoms with E-state index in [0.717, 1.165) is 12.8 Å². The van der Waals surface area contributed by atoms with Crippen molar-refractivity contribution in [3.63, 3.8) is 0 Å². The van der Waals surface area contributed by atoms with E-state index in [4.69, 9.17) is 13.9 Å². The lowest BCUT2D eigenvalue weighted by Gasteiger charge is -2.35. The van der Waals surface area contributed by atoms with Crippen molar-refractivity contribution in [2.24, 2.45) is 0 Å². The number of hydrogen-bond donors (Lipinski definition) is 1. The molecule has 1 amide bonds. The first-order chi connectivity index (χ1) is 14.2. The van der Waals surface area contributed by atoms with Crippen molar-refractivity contribution in [2.45, 2.75) is 25.0 Å². The molecule has 7 nitrogen and oxygen atoms in total. The van der Waals surface area contributed by atoms with Gasteiger partial charge in [-0.05, 0) is 37.1 Å². The zero-order valence-corrected chi connectivity index (χ0v) is 15.6. The molecule has 2 aromatic carbocycles. The van der Waals surface area contributed by atoms with Gasteiger partial charge in [0.15, 0.2) is 17.1 Å². The van der Waals surface area contributed by atoms with Crippen molar-refractivity contribution in [2.75, 3.05) is 25.0 Å². The molecule has 0 aliphatic carbocycles. The van der Waals surface area contributed by atoms with E-state index in [1.807, 2.05) is 23.1 Å². The molecule has 0 bridgehead atoms. The van der Waals surface area contributed by atoms with Crippen LogP contribution in [0.5, 0.6) is 11.5 Å². The van der Waals surface area contributed by atoms with E-state index in [-0.39, 0.29) is 24.4 Å². The Morgan fingerprint density at radius 2 is 1.93 bits per heavy atom. The van der Waals surface area contributed by atoms with E-state index in [0.29, 0.717) is 41.7 Å². The van der Waals surface area contributed by atoms with Gasteiger partial charge in [-0.3, -0.25) is 4.79 Å². The lowest BCUT2D eigenvalue weighted by Crippen LogP contribution is -2.50. The van der Waals surface area contributed by atoms with Crippen molar-refractivity contribution in [1.82, 2.24) is 9.88 Å². The summed E-state index contributed by atoms with van der Waals surface area (Å²) in [5.41, 5.74) is 1.02. The minimum atomic E-state index is -0.624. The van der Waals surface area contributed by atoms with E-state index >= 15 is 0 Å². The van der Waals surface area contributed by atoms with Gasteiger partial charge in [0, 0.05) is 25.2 Å². The van der Waals surface area contributed by atoms with Crippen LogP contribution in [-0.4, -0.2) is 47.6 Å². The summed E-state index contributed by atoms with van der Waals surface area (Å²) in [5.74, 6) is 0.856. The van der Waals surface area contributed by atoms with Crippen molar-refractivity contribution >= 4 is 23.0 Å². The molecule has 1 N–H and O–H groups in total. The summed E-state index contributed by atoms with van der Waals surface area (Å²) in [5, 5.41) is 3.25. The normalized spacial score (nSPS) is 19.3. The lowest BCUT2D eigenvalue weighted by molar-refractivity contribution is -0.142. The topological polar surface area (TPSA) is 76.8 Å². The number of aromatic nitrogens is 1. The maximum absolute atomic E-state index is 13.3. The quantitative estimate of drug-likeness (QED) is 0.731. The van der Waals surface area contributed by atoms with Gasteiger partial charge in [0.05, 0.1) is 0 Å². The Balaban J connectivity index is 1.17. The fraction of sp³-hybridized carbons (Fsp3) is 0.333. The average molecular weight is 397 g/mol. The second-order valence-electron chi connectivity index (χ2n) is 7.24. The maximum Gasteiger partial charge on any atom is 0.295 e. The highest BCUT2D eigenvalue weighted by atomic mass is 19.1. The number of para-hydroxylation sites is 2. The molecular weight excluding hydrogens is 377 g/mol. The number of carbonyl (C=O) groups is 1. The number of carbonyl (C=O) groups excluding carboxylic acids is 1. The molecule has 2 aliphatic rings. The molecule has 1 fully saturated rings. The Hall–Kier alpha value is -3.29. The first-order valence-corrected chi connectivity index (χ1v) is 9.65. The summed E-state index contributed by atoms with van der Waals surface area (Å²) in [7, 11) is 0. The number of fused-ring (bicyclic) bond motifs is 2. The second kappa shape index (κ2) is 7.27. The summed E-state index contributed by atoms with van der Waals surface area (Å²) < 4.78 is 30.4. The molecule has 3 heterocycles. The number of nitrogens with zero attached hydrogens (tertiary/aromatic N) is 2. The molecule has 3 aromatic rings. The summed E-state index contributed by atoms with van der Waals surface area (Å²) in [6.07, 6.45) is 0.882. The summed E-state index contributed by atoms with van der Waals surface area (Å²) in [6.45, 7) is 1.42. The third-order valence-electron chi connectivity index (χ3n) is 5.27. The maximum atomic E-state index is 13.3. The van der Waals surface area contributed by atoms with Gasteiger partial charge >= 0.3 is 0 Å². The van der Waals surface area contributed by atoms with Crippen LogP contribution in [0.2, 0.25) is 0 Å². The summed E-state index contributed by atoms with van der Waals surface area (Å²) >= 11 is 0. The largest absolute Gasteiger partial charge is 0.485 e. The molecule has 0 unspecified atom stereocenters. The van der Waals surface area contributed by atoms with Crippen molar-refractivity contribution in [3.8, 4) is 11.5 Å². The number of piperidine rings is 1. The van der Waals surface area contributed by atoms with Gasteiger partial charge in [-0.15, -0.1) is 0 Å². The highest BCUT2D eigenvalue weighted by molar-refractivity contribution is 5.82. The molecule has 1 saturated heterocycles. The number of ether oxygens (including phenoxy) is 2. The van der Waals surface area contributed by atoms with Gasteiger partial charge in [0.25, 0.3) is 11.9 Å². The zero-order chi connectivity index (χ0) is 19.8. The highest BCUT2D eigenvalue weighted by Gasteiger charge is 2.33. The van der Waals surface area contributed by atoms with Crippen LogP contribution in [0.1, 0.15) is 12.8 Å². The molecule has 0 spiro atoms. The third kappa shape index (κ3) is 3.57. The Kier molecular flexibility index (Phi) is 4.46. The fourth-order valence-electron chi connectivity index (χ4n) is 3.73. The summed E-state index contributed by atoms with van der Waals surface area (Å²) in [4.78, 5) is 18.9. The number of rotatable bonds is 3. The molecule has 1 aromatic heterocycles. The van der Waals surface area contributed by atoms with E-state index in [2.05, 4.69) is 10.3 Å². The van der Waals surface area contributed by atoms with Gasteiger partial charge in [0.2, 0.25) is 6.10 Å². The average Bonchev–Trinajstić information content (AvgIpc) is 3.14. The molecule has 29 heavy (non-hydrogen) atoms. The second-order valence-corrected chi connectivity index (χ2v) is 7.24. The Morgan fingerprint density at radius 3 is 2.76 bits per heavy atom. The molecule has 0 radical (unpaired) electrons. The van der Waals surface area contributed by atoms with Crippen LogP contribution in [-0.2, 0) is 4.79 Å². The number of benzene rings is 2. The monoisotopic (exact) mass is 397 g/mol. The minimum absolute atomic E-state index is 0.0599. The van der Waals surface area contributed by atoms with Crippen molar-refractivity contribution in [1.29, 1.82) is 0 Å². The first kappa shape index (κ1) is 17.8. The molecule has 1 atom stereocenters. The van der Waals surface area contributed by atoms with Crippen LogP contribution < -0.4 is 14.8 Å². The van der Waals surface area contributed by atoms with Crippen LogP contribution in [0, 0.1) is 5.82 Å². The van der Waals surface area contributed by atoms with Gasteiger partial charge in [0.1, 0.15) is 17.9 Å². The lowest BCUT2D eigenvalue weighted by atomic mass is 10.0. The predicted molar refractivity (Wildman–Crippen MR) is 104 cm³/mol. The van der Waals surface area contributed by atoms with Crippen LogP contribution >= 0.6 is 0 Å². The van der Waals surface area contributed by atoms with Gasteiger partial charge in [-0.25, -0.2) is 4.39 Å². The Morgan fingerprint density at radius 1 is 1.14 bits per heavy atom. The smallest absolute Gasteiger partial charge is 0.295 e. The fourth-order valence-corrected chi connectivity index (χ4v) is 3.73. The van der Waals surface area contributed by atoms with Gasteiger partial charge < -0.3 is 24.1 Å². The van der Waals surface area contributed by atoms with Crippen molar-refractivity contribution in [3.05, 3.63) is 48.3 Å². The number of halogens is 1. The molecule has 0 saturated carbocycles.